The van der Waals surface area contributed by atoms with E-state index in [-0.39, 0.29) is 5.91 Å². The summed E-state index contributed by atoms with van der Waals surface area (Å²) in [5.74, 6) is 1.78. The maximum atomic E-state index is 13.3. The van der Waals surface area contributed by atoms with Crippen molar-refractivity contribution < 1.29 is 14.3 Å². The zero-order valence-corrected chi connectivity index (χ0v) is 22.0. The van der Waals surface area contributed by atoms with Crippen molar-refractivity contribution in [1.29, 1.82) is 0 Å². The Bertz CT molecular complexity index is 1640. The minimum atomic E-state index is -0.313. The maximum Gasteiger partial charge on any atom is 0.256 e. The SMILES string of the molecule is CCOc1ccc(C(=O)Nc2cc(C)nn2-c2ncnc3c2cnn3-c2cccc(C)c2C)cc1OCC. The largest absolute Gasteiger partial charge is 0.490 e. The number of carbonyl (C=O) groups excluding carboxylic acids is 1. The molecule has 3 aromatic heterocycles. The highest BCUT2D eigenvalue weighted by molar-refractivity contribution is 6.04. The van der Waals surface area contributed by atoms with Crippen LogP contribution in [0, 0.1) is 20.8 Å². The van der Waals surface area contributed by atoms with Gasteiger partial charge < -0.3 is 14.8 Å². The Balaban J connectivity index is 1.52. The van der Waals surface area contributed by atoms with Gasteiger partial charge in [-0.05, 0) is 70.0 Å². The molecule has 0 fully saturated rings. The van der Waals surface area contributed by atoms with Gasteiger partial charge in [0.15, 0.2) is 23.0 Å². The number of benzene rings is 2. The first kappa shape index (κ1) is 24.9. The minimum Gasteiger partial charge on any atom is -0.490 e. The van der Waals surface area contributed by atoms with E-state index in [1.807, 2.05) is 32.9 Å². The molecule has 10 nitrogen and oxygen atoms in total. The molecule has 0 radical (unpaired) electrons. The van der Waals surface area contributed by atoms with E-state index in [0.29, 0.717) is 52.9 Å². The number of rotatable bonds is 8. The van der Waals surface area contributed by atoms with Gasteiger partial charge in [0.2, 0.25) is 0 Å². The summed E-state index contributed by atoms with van der Waals surface area (Å²) >= 11 is 0. The quantitative estimate of drug-likeness (QED) is 0.313. The second-order valence-electron chi connectivity index (χ2n) is 8.77. The Kier molecular flexibility index (Phi) is 6.78. The van der Waals surface area contributed by atoms with Gasteiger partial charge in [0.05, 0.1) is 36.2 Å². The number of fused-ring (bicyclic) bond motifs is 1. The molecule has 0 atom stereocenters. The Labute approximate surface area is 220 Å². The van der Waals surface area contributed by atoms with Crippen LogP contribution in [0.5, 0.6) is 11.5 Å². The van der Waals surface area contributed by atoms with Gasteiger partial charge in [-0.15, -0.1) is 0 Å². The van der Waals surface area contributed by atoms with E-state index in [1.165, 1.54) is 6.33 Å². The van der Waals surface area contributed by atoms with E-state index in [0.717, 1.165) is 22.5 Å². The lowest BCUT2D eigenvalue weighted by atomic mass is 10.1. The molecule has 1 N–H and O–H groups in total. The van der Waals surface area contributed by atoms with Gasteiger partial charge in [-0.1, -0.05) is 12.1 Å². The van der Waals surface area contributed by atoms with Gasteiger partial charge in [-0.2, -0.15) is 14.9 Å². The van der Waals surface area contributed by atoms with Crippen molar-refractivity contribution in [3.05, 3.63) is 77.4 Å². The van der Waals surface area contributed by atoms with Crippen molar-refractivity contribution in [3.63, 3.8) is 0 Å². The number of ether oxygens (including phenoxy) is 2. The number of anilines is 1. The van der Waals surface area contributed by atoms with Crippen molar-refractivity contribution in [2.45, 2.75) is 34.6 Å². The fraction of sp³-hybridized carbons (Fsp3) is 0.250. The molecule has 0 saturated heterocycles. The average Bonchev–Trinajstić information content (AvgIpc) is 3.50. The molecule has 0 saturated carbocycles. The molecule has 0 spiro atoms. The number of nitrogens with one attached hydrogen (secondary N) is 1. The van der Waals surface area contributed by atoms with Crippen LogP contribution in [-0.4, -0.2) is 48.6 Å². The van der Waals surface area contributed by atoms with E-state index < -0.39 is 0 Å². The molecule has 0 aliphatic rings. The lowest BCUT2D eigenvalue weighted by Crippen LogP contribution is -2.16. The third kappa shape index (κ3) is 4.56. The number of amides is 1. The van der Waals surface area contributed by atoms with Gasteiger partial charge in [-0.25, -0.2) is 14.6 Å². The first-order chi connectivity index (χ1) is 18.4. The van der Waals surface area contributed by atoms with Gasteiger partial charge in [-0.3, -0.25) is 4.79 Å². The van der Waals surface area contributed by atoms with Crippen molar-refractivity contribution in [1.82, 2.24) is 29.5 Å². The first-order valence-corrected chi connectivity index (χ1v) is 12.4. The average molecular weight is 512 g/mol. The van der Waals surface area contributed by atoms with E-state index >= 15 is 0 Å². The number of nitrogens with zero attached hydrogens (tertiary/aromatic N) is 6. The molecule has 10 heteroatoms. The predicted octanol–water partition coefficient (Wildman–Crippen LogP) is 4.98. The van der Waals surface area contributed by atoms with E-state index in [4.69, 9.17) is 9.47 Å². The molecule has 38 heavy (non-hydrogen) atoms. The normalized spacial score (nSPS) is 11.1. The molecular formula is C28H29N7O3. The van der Waals surface area contributed by atoms with E-state index in [1.54, 1.807) is 39.8 Å². The summed E-state index contributed by atoms with van der Waals surface area (Å²) in [6, 6.07) is 13.0. The zero-order valence-electron chi connectivity index (χ0n) is 22.0. The van der Waals surface area contributed by atoms with Crippen LogP contribution >= 0.6 is 0 Å². The highest BCUT2D eigenvalue weighted by Crippen LogP contribution is 2.30. The molecule has 2 aromatic carbocycles. The van der Waals surface area contributed by atoms with Crippen LogP contribution in [0.15, 0.2) is 55.0 Å². The molecular weight excluding hydrogens is 482 g/mol. The molecule has 0 aliphatic carbocycles. The monoisotopic (exact) mass is 511 g/mol. The molecule has 1 amide bonds. The highest BCUT2D eigenvalue weighted by atomic mass is 16.5. The number of hydrogen-bond acceptors (Lipinski definition) is 7. The Morgan fingerprint density at radius 3 is 2.53 bits per heavy atom. The third-order valence-corrected chi connectivity index (χ3v) is 6.23. The Hall–Kier alpha value is -4.73. The Morgan fingerprint density at radius 1 is 0.947 bits per heavy atom. The molecule has 194 valence electrons. The second kappa shape index (κ2) is 10.3. The summed E-state index contributed by atoms with van der Waals surface area (Å²) in [5, 5.41) is 12.9. The smallest absolute Gasteiger partial charge is 0.256 e. The summed E-state index contributed by atoms with van der Waals surface area (Å²) in [6.07, 6.45) is 3.19. The number of aromatic nitrogens is 6. The molecule has 0 bridgehead atoms. The summed E-state index contributed by atoms with van der Waals surface area (Å²) in [5.41, 5.74) is 5.00. The Morgan fingerprint density at radius 2 is 1.74 bits per heavy atom. The highest BCUT2D eigenvalue weighted by Gasteiger charge is 2.19. The molecule has 0 aliphatic heterocycles. The van der Waals surface area contributed by atoms with Crippen LogP contribution in [-0.2, 0) is 0 Å². The standard InChI is InChI=1S/C28H29N7O3/c1-6-37-23-12-11-20(14-24(23)38-7-2)28(36)32-25-13-18(4)33-35(25)27-21-15-31-34(26(21)29-16-30-27)22-10-8-9-17(3)19(22)5/h8-16H,6-7H2,1-5H3,(H,32,36). The fourth-order valence-corrected chi connectivity index (χ4v) is 4.27. The van der Waals surface area contributed by atoms with Crippen LogP contribution < -0.4 is 14.8 Å². The molecule has 3 heterocycles. The summed E-state index contributed by atoms with van der Waals surface area (Å²) in [4.78, 5) is 22.3. The van der Waals surface area contributed by atoms with E-state index in [2.05, 4.69) is 45.4 Å². The predicted molar refractivity (Wildman–Crippen MR) is 145 cm³/mol. The number of aryl methyl sites for hydroxylation is 2. The summed E-state index contributed by atoms with van der Waals surface area (Å²) in [7, 11) is 0. The maximum absolute atomic E-state index is 13.3. The van der Waals surface area contributed by atoms with Gasteiger partial charge in [0.25, 0.3) is 5.91 Å². The first-order valence-electron chi connectivity index (χ1n) is 12.4. The van der Waals surface area contributed by atoms with Crippen LogP contribution in [0.2, 0.25) is 0 Å². The minimum absolute atomic E-state index is 0.313. The lowest BCUT2D eigenvalue weighted by Gasteiger charge is -2.13. The second-order valence-corrected chi connectivity index (χ2v) is 8.77. The van der Waals surface area contributed by atoms with Gasteiger partial charge in [0, 0.05) is 11.6 Å². The van der Waals surface area contributed by atoms with Gasteiger partial charge in [0.1, 0.15) is 12.1 Å². The van der Waals surface area contributed by atoms with Crippen molar-refractivity contribution >= 4 is 22.8 Å². The van der Waals surface area contributed by atoms with Gasteiger partial charge >= 0.3 is 0 Å². The zero-order chi connectivity index (χ0) is 26.8. The van der Waals surface area contributed by atoms with Crippen LogP contribution in [0.4, 0.5) is 5.82 Å². The summed E-state index contributed by atoms with van der Waals surface area (Å²) in [6.45, 7) is 10.7. The number of hydrogen-bond donors (Lipinski definition) is 1. The molecule has 5 aromatic rings. The number of carbonyl (C=O) groups is 1. The fourth-order valence-electron chi connectivity index (χ4n) is 4.27. The topological polar surface area (TPSA) is 109 Å². The van der Waals surface area contributed by atoms with Crippen LogP contribution in [0.25, 0.3) is 22.5 Å². The van der Waals surface area contributed by atoms with Crippen molar-refractivity contribution in [2.75, 3.05) is 18.5 Å². The molecule has 0 unspecified atom stereocenters. The lowest BCUT2D eigenvalue weighted by molar-refractivity contribution is 0.102. The van der Waals surface area contributed by atoms with Crippen LogP contribution in [0.3, 0.4) is 0 Å². The van der Waals surface area contributed by atoms with Crippen molar-refractivity contribution in [2.24, 2.45) is 0 Å². The summed E-state index contributed by atoms with van der Waals surface area (Å²) < 4.78 is 14.7. The third-order valence-electron chi connectivity index (χ3n) is 6.23. The molecule has 5 rings (SSSR count). The van der Waals surface area contributed by atoms with Crippen LogP contribution in [0.1, 0.15) is 41.0 Å². The van der Waals surface area contributed by atoms with E-state index in [9.17, 15) is 4.79 Å². The van der Waals surface area contributed by atoms with Crippen molar-refractivity contribution in [3.8, 4) is 23.0 Å².